The molecule has 0 spiro atoms. The van der Waals surface area contributed by atoms with E-state index in [4.69, 9.17) is 4.74 Å². The van der Waals surface area contributed by atoms with Crippen LogP contribution in [0, 0.1) is 5.92 Å². The van der Waals surface area contributed by atoms with E-state index in [1.165, 1.54) is 0 Å². The normalized spacial score (nSPS) is 20.8. The SMILES string of the molecule is CCOC(=O)CCC(=O)C1CCSC1. The molecular formula is C10H16O3S. The summed E-state index contributed by atoms with van der Waals surface area (Å²) in [7, 11) is 0. The summed E-state index contributed by atoms with van der Waals surface area (Å²) in [5.74, 6) is 2.17. The number of hydrogen-bond donors (Lipinski definition) is 0. The minimum Gasteiger partial charge on any atom is -0.466 e. The topological polar surface area (TPSA) is 43.4 Å². The van der Waals surface area contributed by atoms with Crippen LogP contribution in [0.3, 0.4) is 0 Å². The average molecular weight is 216 g/mol. The van der Waals surface area contributed by atoms with Crippen LogP contribution >= 0.6 is 11.8 Å². The number of hydrogen-bond acceptors (Lipinski definition) is 4. The van der Waals surface area contributed by atoms with E-state index in [-0.39, 0.29) is 24.1 Å². The molecule has 0 bridgehead atoms. The molecule has 4 heteroatoms. The third-order valence-electron chi connectivity index (χ3n) is 2.27. The molecule has 1 atom stereocenters. The zero-order valence-electron chi connectivity index (χ0n) is 8.45. The fourth-order valence-electron chi connectivity index (χ4n) is 1.45. The van der Waals surface area contributed by atoms with Gasteiger partial charge in [-0.05, 0) is 19.1 Å². The van der Waals surface area contributed by atoms with Crippen molar-refractivity contribution in [3.63, 3.8) is 0 Å². The lowest BCUT2D eigenvalue weighted by Crippen LogP contribution is -2.15. The number of Topliss-reactive ketones (excluding diaryl/α,β-unsaturated/α-hetero) is 1. The van der Waals surface area contributed by atoms with Gasteiger partial charge in [-0.25, -0.2) is 0 Å². The highest BCUT2D eigenvalue weighted by atomic mass is 32.2. The molecule has 1 unspecified atom stereocenters. The van der Waals surface area contributed by atoms with Crippen LogP contribution in [0.5, 0.6) is 0 Å². The highest BCUT2D eigenvalue weighted by Crippen LogP contribution is 2.25. The van der Waals surface area contributed by atoms with E-state index < -0.39 is 0 Å². The van der Waals surface area contributed by atoms with Gasteiger partial charge in [0.15, 0.2) is 0 Å². The van der Waals surface area contributed by atoms with Gasteiger partial charge in [-0.3, -0.25) is 9.59 Å². The highest BCUT2D eigenvalue weighted by Gasteiger charge is 2.23. The first kappa shape index (κ1) is 11.6. The quantitative estimate of drug-likeness (QED) is 0.655. The third-order valence-corrected chi connectivity index (χ3v) is 3.43. The molecule has 0 aliphatic carbocycles. The van der Waals surface area contributed by atoms with Gasteiger partial charge in [0.1, 0.15) is 5.78 Å². The van der Waals surface area contributed by atoms with E-state index in [1.54, 1.807) is 6.92 Å². The summed E-state index contributed by atoms with van der Waals surface area (Å²) in [4.78, 5) is 22.5. The molecule has 3 nitrogen and oxygen atoms in total. The Hall–Kier alpha value is -0.510. The van der Waals surface area contributed by atoms with Crippen molar-refractivity contribution in [3.8, 4) is 0 Å². The molecule has 80 valence electrons. The van der Waals surface area contributed by atoms with Crippen LogP contribution in [-0.2, 0) is 14.3 Å². The Morgan fingerprint density at radius 1 is 1.43 bits per heavy atom. The van der Waals surface area contributed by atoms with Crippen molar-refractivity contribution < 1.29 is 14.3 Å². The number of rotatable bonds is 5. The van der Waals surface area contributed by atoms with Crippen LogP contribution in [0.15, 0.2) is 0 Å². The monoisotopic (exact) mass is 216 g/mol. The van der Waals surface area contributed by atoms with Crippen LogP contribution in [0.2, 0.25) is 0 Å². The van der Waals surface area contributed by atoms with E-state index >= 15 is 0 Å². The van der Waals surface area contributed by atoms with Gasteiger partial charge in [0, 0.05) is 18.1 Å². The smallest absolute Gasteiger partial charge is 0.306 e. The highest BCUT2D eigenvalue weighted by molar-refractivity contribution is 7.99. The maximum atomic E-state index is 11.5. The molecule has 1 aliphatic rings. The second-order valence-corrected chi connectivity index (χ2v) is 4.48. The first-order chi connectivity index (χ1) is 6.74. The lowest BCUT2D eigenvalue weighted by molar-refractivity contribution is -0.144. The van der Waals surface area contributed by atoms with Gasteiger partial charge < -0.3 is 4.74 Å². The van der Waals surface area contributed by atoms with E-state index in [2.05, 4.69) is 0 Å². The minimum absolute atomic E-state index is 0.189. The van der Waals surface area contributed by atoms with Gasteiger partial charge in [0.2, 0.25) is 0 Å². The first-order valence-electron chi connectivity index (χ1n) is 5.00. The molecular weight excluding hydrogens is 200 g/mol. The summed E-state index contributed by atoms with van der Waals surface area (Å²) in [6.45, 7) is 2.17. The van der Waals surface area contributed by atoms with Crippen molar-refractivity contribution in [1.82, 2.24) is 0 Å². The summed E-state index contributed by atoms with van der Waals surface area (Å²) in [6, 6.07) is 0. The second kappa shape index (κ2) is 6.06. The van der Waals surface area contributed by atoms with Gasteiger partial charge in [-0.15, -0.1) is 0 Å². The molecule has 0 amide bonds. The van der Waals surface area contributed by atoms with Crippen molar-refractivity contribution in [1.29, 1.82) is 0 Å². The standard InChI is InChI=1S/C10H16O3S/c1-2-13-10(12)4-3-9(11)8-5-6-14-7-8/h8H,2-7H2,1H3. The van der Waals surface area contributed by atoms with E-state index in [0.717, 1.165) is 17.9 Å². The Labute approximate surface area is 88.6 Å². The van der Waals surface area contributed by atoms with E-state index in [0.29, 0.717) is 13.0 Å². The summed E-state index contributed by atoms with van der Waals surface area (Å²) < 4.78 is 4.76. The maximum absolute atomic E-state index is 11.5. The van der Waals surface area contributed by atoms with Crippen LogP contribution in [-0.4, -0.2) is 29.9 Å². The number of thioether (sulfide) groups is 1. The molecule has 1 saturated heterocycles. The summed E-state index contributed by atoms with van der Waals surface area (Å²) in [5.41, 5.74) is 0. The summed E-state index contributed by atoms with van der Waals surface area (Å²) in [6.07, 6.45) is 1.57. The lowest BCUT2D eigenvalue weighted by atomic mass is 10.00. The molecule has 14 heavy (non-hydrogen) atoms. The number of esters is 1. The third kappa shape index (κ3) is 3.70. The van der Waals surface area contributed by atoms with E-state index in [1.807, 2.05) is 11.8 Å². The molecule has 0 saturated carbocycles. The van der Waals surface area contributed by atoms with Crippen molar-refractivity contribution in [2.75, 3.05) is 18.1 Å². The molecule has 1 aliphatic heterocycles. The Morgan fingerprint density at radius 2 is 2.21 bits per heavy atom. The minimum atomic E-state index is -0.258. The van der Waals surface area contributed by atoms with E-state index in [9.17, 15) is 9.59 Å². The van der Waals surface area contributed by atoms with Gasteiger partial charge in [-0.2, -0.15) is 11.8 Å². The second-order valence-electron chi connectivity index (χ2n) is 3.33. The zero-order valence-corrected chi connectivity index (χ0v) is 9.27. The average Bonchev–Trinajstić information content (AvgIpc) is 2.67. The Bertz CT molecular complexity index is 209. The molecule has 1 rings (SSSR count). The maximum Gasteiger partial charge on any atom is 0.306 e. The number of carbonyl (C=O) groups excluding carboxylic acids is 2. The van der Waals surface area contributed by atoms with Gasteiger partial charge in [0.05, 0.1) is 13.0 Å². The van der Waals surface area contributed by atoms with Gasteiger partial charge in [-0.1, -0.05) is 0 Å². The molecule has 0 aromatic rings. The summed E-state index contributed by atoms with van der Waals surface area (Å²) >= 11 is 1.82. The Balaban J connectivity index is 2.17. The molecule has 0 aromatic heterocycles. The van der Waals surface area contributed by atoms with Crippen molar-refractivity contribution in [2.45, 2.75) is 26.2 Å². The van der Waals surface area contributed by atoms with Crippen molar-refractivity contribution >= 4 is 23.5 Å². The van der Waals surface area contributed by atoms with Crippen LogP contribution in [0.25, 0.3) is 0 Å². The largest absolute Gasteiger partial charge is 0.466 e. The van der Waals surface area contributed by atoms with Crippen molar-refractivity contribution in [2.24, 2.45) is 5.92 Å². The number of carbonyl (C=O) groups is 2. The zero-order chi connectivity index (χ0) is 10.4. The molecule has 0 N–H and O–H groups in total. The predicted octanol–water partition coefficient (Wildman–Crippen LogP) is 1.65. The first-order valence-corrected chi connectivity index (χ1v) is 6.15. The molecule has 1 fully saturated rings. The predicted molar refractivity (Wildman–Crippen MR) is 56.3 cm³/mol. The fourth-order valence-corrected chi connectivity index (χ4v) is 2.71. The molecule has 0 radical (unpaired) electrons. The van der Waals surface area contributed by atoms with Crippen LogP contribution in [0.4, 0.5) is 0 Å². The summed E-state index contributed by atoms with van der Waals surface area (Å²) in [5, 5.41) is 0. The molecule has 1 heterocycles. The Morgan fingerprint density at radius 3 is 2.79 bits per heavy atom. The number of ketones is 1. The molecule has 0 aromatic carbocycles. The van der Waals surface area contributed by atoms with Crippen molar-refractivity contribution in [3.05, 3.63) is 0 Å². The Kier molecular flexibility index (Phi) is 5.01. The van der Waals surface area contributed by atoms with Crippen LogP contribution in [0.1, 0.15) is 26.2 Å². The number of ether oxygens (including phenoxy) is 1. The fraction of sp³-hybridized carbons (Fsp3) is 0.800. The van der Waals surface area contributed by atoms with Gasteiger partial charge >= 0.3 is 5.97 Å². The lowest BCUT2D eigenvalue weighted by Gasteiger charge is -2.06. The van der Waals surface area contributed by atoms with Crippen LogP contribution < -0.4 is 0 Å². The van der Waals surface area contributed by atoms with Gasteiger partial charge in [0.25, 0.3) is 0 Å².